The van der Waals surface area contributed by atoms with Crippen molar-refractivity contribution in [2.24, 2.45) is 0 Å². The van der Waals surface area contributed by atoms with Gasteiger partial charge in [0.2, 0.25) is 0 Å². The van der Waals surface area contributed by atoms with E-state index >= 15 is 0 Å². The van der Waals surface area contributed by atoms with Crippen LogP contribution in [0.25, 0.3) is 11.0 Å². The topological polar surface area (TPSA) is 78.5 Å². The van der Waals surface area contributed by atoms with Crippen molar-refractivity contribution >= 4 is 21.2 Å². The first kappa shape index (κ1) is 18.3. The van der Waals surface area contributed by atoms with Gasteiger partial charge in [-0.25, -0.2) is 4.98 Å². The average Bonchev–Trinajstić information content (AvgIpc) is 3.22. The summed E-state index contributed by atoms with van der Waals surface area (Å²) >= 11 is 0. The highest BCUT2D eigenvalue weighted by molar-refractivity contribution is 7.86. The van der Waals surface area contributed by atoms with Gasteiger partial charge in [0, 0.05) is 39.2 Å². The number of fused-ring (bicyclic) bond motifs is 1. The summed E-state index contributed by atoms with van der Waals surface area (Å²) in [7, 11) is -1.86. The molecule has 2 aromatic rings. The summed E-state index contributed by atoms with van der Waals surface area (Å²) in [4.78, 5) is 7.79. The fourth-order valence-electron chi connectivity index (χ4n) is 3.41. The molecule has 1 aromatic heterocycles. The molecule has 1 saturated heterocycles. The standard InChI is InChI=1S/C17H26N4O3S/c1-3-20(25(22,23)21-11-6-7-14(21)13-24-2)12-10-17-18-15-8-4-5-9-16(15)19-17/h4-5,8-9,14H,3,6-7,10-13H2,1-2H3,(H,18,19). The Morgan fingerprint density at radius 3 is 2.92 bits per heavy atom. The summed E-state index contributed by atoms with van der Waals surface area (Å²) in [6, 6.07) is 7.76. The smallest absolute Gasteiger partial charge is 0.282 e. The fourth-order valence-corrected chi connectivity index (χ4v) is 5.26. The zero-order chi connectivity index (χ0) is 17.9. The highest BCUT2D eigenvalue weighted by Crippen LogP contribution is 2.23. The molecule has 1 aromatic carbocycles. The van der Waals surface area contributed by atoms with E-state index in [0.29, 0.717) is 32.7 Å². The minimum Gasteiger partial charge on any atom is -0.383 e. The number of methoxy groups -OCH3 is 1. The van der Waals surface area contributed by atoms with Crippen LogP contribution in [0, 0.1) is 0 Å². The molecule has 1 atom stereocenters. The normalized spacial score (nSPS) is 19.2. The van der Waals surface area contributed by atoms with E-state index in [9.17, 15) is 8.42 Å². The molecule has 8 heteroatoms. The molecule has 0 bridgehead atoms. The van der Waals surface area contributed by atoms with Crippen LogP contribution < -0.4 is 0 Å². The number of rotatable bonds is 8. The number of imidazole rings is 1. The number of aromatic amines is 1. The van der Waals surface area contributed by atoms with Crippen LogP contribution in [0.15, 0.2) is 24.3 Å². The molecule has 0 saturated carbocycles. The molecule has 2 heterocycles. The van der Waals surface area contributed by atoms with Gasteiger partial charge in [0.1, 0.15) is 5.82 Å². The first-order valence-electron chi connectivity index (χ1n) is 8.75. The van der Waals surface area contributed by atoms with Crippen LogP contribution in [-0.4, -0.2) is 66.4 Å². The number of hydrogen-bond donors (Lipinski definition) is 1. The lowest BCUT2D eigenvalue weighted by molar-refractivity contribution is 0.146. The average molecular weight is 366 g/mol. The third kappa shape index (κ3) is 3.87. The van der Waals surface area contributed by atoms with Crippen LogP contribution >= 0.6 is 0 Å². The molecule has 0 radical (unpaired) electrons. The SMILES string of the molecule is CCN(CCc1nc2ccccc2[nH]1)S(=O)(=O)N1CCCC1COC. The predicted molar refractivity (Wildman–Crippen MR) is 97.6 cm³/mol. The molecule has 1 fully saturated rings. The highest BCUT2D eigenvalue weighted by atomic mass is 32.2. The quantitative estimate of drug-likeness (QED) is 0.772. The van der Waals surface area contributed by atoms with Crippen LogP contribution in [0.1, 0.15) is 25.6 Å². The van der Waals surface area contributed by atoms with E-state index in [0.717, 1.165) is 29.7 Å². The van der Waals surface area contributed by atoms with E-state index in [1.807, 2.05) is 31.2 Å². The molecular formula is C17H26N4O3S. The van der Waals surface area contributed by atoms with Gasteiger partial charge in [0.15, 0.2) is 0 Å². The summed E-state index contributed by atoms with van der Waals surface area (Å²) in [6.45, 7) is 3.74. The molecule has 1 aliphatic rings. The summed E-state index contributed by atoms with van der Waals surface area (Å²) < 4.78 is 34.3. The van der Waals surface area contributed by atoms with E-state index in [1.165, 1.54) is 4.31 Å². The van der Waals surface area contributed by atoms with Crippen LogP contribution in [-0.2, 0) is 21.4 Å². The molecule has 0 aliphatic carbocycles. The Morgan fingerprint density at radius 1 is 1.40 bits per heavy atom. The Kier molecular flexibility index (Phi) is 5.73. The van der Waals surface area contributed by atoms with Crippen LogP contribution in [0.2, 0.25) is 0 Å². The van der Waals surface area contributed by atoms with Crippen molar-refractivity contribution in [3.63, 3.8) is 0 Å². The fraction of sp³-hybridized carbons (Fsp3) is 0.588. The summed E-state index contributed by atoms with van der Waals surface area (Å²) in [5.74, 6) is 0.810. The maximum atomic E-state index is 13.0. The molecule has 1 unspecified atom stereocenters. The molecule has 1 aliphatic heterocycles. The number of likely N-dealkylation sites (N-methyl/N-ethyl adjacent to an activating group) is 1. The maximum absolute atomic E-state index is 13.0. The molecule has 0 spiro atoms. The third-order valence-corrected chi connectivity index (χ3v) is 6.86. The lowest BCUT2D eigenvalue weighted by Crippen LogP contribution is -2.47. The Bertz CT molecular complexity index is 772. The lowest BCUT2D eigenvalue weighted by atomic mass is 10.2. The number of aromatic nitrogens is 2. The van der Waals surface area contributed by atoms with Gasteiger partial charge in [-0.3, -0.25) is 0 Å². The Hall–Kier alpha value is -1.48. The first-order chi connectivity index (χ1) is 12.1. The van der Waals surface area contributed by atoms with Gasteiger partial charge in [-0.2, -0.15) is 17.0 Å². The van der Waals surface area contributed by atoms with Crippen molar-refractivity contribution in [3.05, 3.63) is 30.1 Å². The number of nitrogens with zero attached hydrogens (tertiary/aromatic N) is 3. The van der Waals surface area contributed by atoms with Gasteiger partial charge >= 0.3 is 0 Å². The van der Waals surface area contributed by atoms with Crippen molar-refractivity contribution in [2.45, 2.75) is 32.2 Å². The molecule has 3 rings (SSSR count). The second-order valence-electron chi connectivity index (χ2n) is 6.31. The molecular weight excluding hydrogens is 340 g/mol. The van der Waals surface area contributed by atoms with Crippen LogP contribution in [0.5, 0.6) is 0 Å². The highest BCUT2D eigenvalue weighted by Gasteiger charge is 2.37. The van der Waals surface area contributed by atoms with Gasteiger partial charge in [-0.15, -0.1) is 0 Å². The minimum absolute atomic E-state index is 0.0600. The number of hydrogen-bond acceptors (Lipinski definition) is 4. The molecule has 7 nitrogen and oxygen atoms in total. The van der Waals surface area contributed by atoms with Crippen molar-refractivity contribution in [2.75, 3.05) is 33.4 Å². The summed E-state index contributed by atoms with van der Waals surface area (Å²) in [6.07, 6.45) is 2.30. The zero-order valence-corrected chi connectivity index (χ0v) is 15.6. The predicted octanol–water partition coefficient (Wildman–Crippen LogP) is 1.78. The van der Waals surface area contributed by atoms with E-state index < -0.39 is 10.2 Å². The van der Waals surface area contributed by atoms with E-state index in [2.05, 4.69) is 9.97 Å². The van der Waals surface area contributed by atoms with Gasteiger partial charge in [0.05, 0.1) is 17.6 Å². The van der Waals surface area contributed by atoms with Crippen molar-refractivity contribution < 1.29 is 13.2 Å². The number of ether oxygens (including phenoxy) is 1. The Labute approximate surface area is 149 Å². The monoisotopic (exact) mass is 366 g/mol. The largest absolute Gasteiger partial charge is 0.383 e. The number of nitrogens with one attached hydrogen (secondary N) is 1. The minimum atomic E-state index is -3.48. The van der Waals surface area contributed by atoms with E-state index in [1.54, 1.807) is 11.4 Å². The summed E-state index contributed by atoms with van der Waals surface area (Å²) in [5.41, 5.74) is 1.88. The van der Waals surface area contributed by atoms with Crippen molar-refractivity contribution in [1.82, 2.24) is 18.6 Å². The van der Waals surface area contributed by atoms with Crippen molar-refractivity contribution in [1.29, 1.82) is 0 Å². The first-order valence-corrected chi connectivity index (χ1v) is 10.2. The van der Waals surface area contributed by atoms with Crippen LogP contribution in [0.3, 0.4) is 0 Å². The number of H-pyrrole nitrogens is 1. The van der Waals surface area contributed by atoms with Gasteiger partial charge in [-0.05, 0) is 25.0 Å². The second kappa shape index (κ2) is 7.82. The third-order valence-electron chi connectivity index (χ3n) is 4.69. The van der Waals surface area contributed by atoms with Gasteiger partial charge < -0.3 is 9.72 Å². The Balaban J connectivity index is 1.70. The Morgan fingerprint density at radius 2 is 2.20 bits per heavy atom. The molecule has 0 amide bonds. The van der Waals surface area contributed by atoms with Gasteiger partial charge in [0.25, 0.3) is 10.2 Å². The molecule has 1 N–H and O–H groups in total. The second-order valence-corrected chi connectivity index (χ2v) is 8.19. The van der Waals surface area contributed by atoms with Crippen molar-refractivity contribution in [3.8, 4) is 0 Å². The number of para-hydroxylation sites is 2. The van der Waals surface area contributed by atoms with E-state index in [-0.39, 0.29) is 6.04 Å². The maximum Gasteiger partial charge on any atom is 0.282 e. The van der Waals surface area contributed by atoms with Crippen LogP contribution in [0.4, 0.5) is 0 Å². The summed E-state index contributed by atoms with van der Waals surface area (Å²) in [5, 5.41) is 0. The number of benzene rings is 1. The molecule has 138 valence electrons. The molecule has 25 heavy (non-hydrogen) atoms. The van der Waals surface area contributed by atoms with Gasteiger partial charge in [-0.1, -0.05) is 19.1 Å². The zero-order valence-electron chi connectivity index (χ0n) is 14.8. The lowest BCUT2D eigenvalue weighted by Gasteiger charge is -2.30. The van der Waals surface area contributed by atoms with E-state index in [4.69, 9.17) is 4.74 Å².